The number of ether oxygens (including phenoxy) is 2. The van der Waals surface area contributed by atoms with E-state index < -0.39 is 21.7 Å². The number of fused-ring (bicyclic) bond motifs is 1. The van der Waals surface area contributed by atoms with Gasteiger partial charge in [-0.15, -0.1) is 0 Å². The molecule has 0 aromatic heterocycles. The molecule has 2 heterocycles. The van der Waals surface area contributed by atoms with Crippen molar-refractivity contribution in [2.75, 3.05) is 18.6 Å². The molecule has 1 saturated heterocycles. The summed E-state index contributed by atoms with van der Waals surface area (Å²) >= 11 is 0. The summed E-state index contributed by atoms with van der Waals surface area (Å²) in [5.74, 6) is 1.14. The predicted octanol–water partition coefficient (Wildman–Crippen LogP) is 3.71. The average Bonchev–Trinajstić information content (AvgIpc) is 3.11. The van der Waals surface area contributed by atoms with Crippen LogP contribution in [-0.4, -0.2) is 33.6 Å². The molecule has 2 aliphatic heterocycles. The van der Waals surface area contributed by atoms with E-state index >= 15 is 0 Å². The van der Waals surface area contributed by atoms with E-state index in [4.69, 9.17) is 9.47 Å². The van der Waals surface area contributed by atoms with Gasteiger partial charge in [-0.3, -0.25) is 4.79 Å². The standard InChI is InChI=1S/C23H28N2O5S/c1-15-7-9-17-18(14-23(2,3)30-21(17)12-15)24-31(27,28)16-8-10-20(29-4)19(13-16)25-11-5-6-22(25)26/h7-10,12-13,18,24H,5-6,11,14H2,1-4H3/t18-/m0/s1. The topological polar surface area (TPSA) is 84.9 Å². The molecule has 31 heavy (non-hydrogen) atoms. The van der Waals surface area contributed by atoms with Crippen molar-refractivity contribution >= 4 is 21.6 Å². The molecule has 0 bridgehead atoms. The molecule has 0 aliphatic carbocycles. The molecule has 0 unspecified atom stereocenters. The molecule has 8 heteroatoms. The van der Waals surface area contributed by atoms with Gasteiger partial charge in [0.1, 0.15) is 17.1 Å². The van der Waals surface area contributed by atoms with E-state index in [0.29, 0.717) is 36.6 Å². The molecule has 4 rings (SSSR count). The Morgan fingerprint density at radius 3 is 2.65 bits per heavy atom. The third-order valence-corrected chi connectivity index (χ3v) is 7.22. The lowest BCUT2D eigenvalue weighted by atomic mass is 9.90. The van der Waals surface area contributed by atoms with Crippen LogP contribution in [0.3, 0.4) is 0 Å². The molecule has 0 radical (unpaired) electrons. The Hall–Kier alpha value is -2.58. The zero-order valence-electron chi connectivity index (χ0n) is 18.3. The maximum Gasteiger partial charge on any atom is 0.241 e. The summed E-state index contributed by atoms with van der Waals surface area (Å²) in [6.07, 6.45) is 1.69. The quantitative estimate of drug-likeness (QED) is 0.760. The Morgan fingerprint density at radius 2 is 1.97 bits per heavy atom. The van der Waals surface area contributed by atoms with Crippen LogP contribution in [0.2, 0.25) is 0 Å². The summed E-state index contributed by atoms with van der Waals surface area (Å²) < 4.78 is 41.0. The van der Waals surface area contributed by atoms with Crippen LogP contribution in [0, 0.1) is 6.92 Å². The van der Waals surface area contributed by atoms with Gasteiger partial charge in [-0.2, -0.15) is 0 Å². The second-order valence-corrected chi connectivity index (χ2v) is 10.5. The molecule has 0 spiro atoms. The molecule has 166 valence electrons. The van der Waals surface area contributed by atoms with Crippen LogP contribution in [0.15, 0.2) is 41.3 Å². The maximum atomic E-state index is 13.3. The highest BCUT2D eigenvalue weighted by Crippen LogP contribution is 2.41. The van der Waals surface area contributed by atoms with E-state index in [1.165, 1.54) is 19.2 Å². The highest BCUT2D eigenvalue weighted by atomic mass is 32.2. The van der Waals surface area contributed by atoms with Gasteiger partial charge in [0.05, 0.1) is 23.7 Å². The van der Waals surface area contributed by atoms with E-state index in [9.17, 15) is 13.2 Å². The van der Waals surface area contributed by atoms with Crippen LogP contribution in [0.4, 0.5) is 5.69 Å². The lowest BCUT2D eigenvalue weighted by Crippen LogP contribution is -2.41. The first-order valence-electron chi connectivity index (χ1n) is 10.4. The smallest absolute Gasteiger partial charge is 0.241 e. The van der Waals surface area contributed by atoms with Gasteiger partial charge in [0.15, 0.2) is 0 Å². The van der Waals surface area contributed by atoms with Gasteiger partial charge in [0.25, 0.3) is 0 Å². The van der Waals surface area contributed by atoms with Gasteiger partial charge in [0, 0.05) is 24.9 Å². The normalized spacial score (nSPS) is 20.3. The molecular formula is C23H28N2O5S. The van der Waals surface area contributed by atoms with E-state index in [2.05, 4.69) is 4.72 Å². The van der Waals surface area contributed by atoms with Crippen molar-refractivity contribution in [3.05, 3.63) is 47.5 Å². The predicted molar refractivity (Wildman–Crippen MR) is 118 cm³/mol. The van der Waals surface area contributed by atoms with Crippen molar-refractivity contribution in [1.29, 1.82) is 0 Å². The highest BCUT2D eigenvalue weighted by Gasteiger charge is 2.36. The number of amides is 1. The van der Waals surface area contributed by atoms with E-state index in [1.807, 2.05) is 39.0 Å². The third-order valence-electron chi connectivity index (χ3n) is 5.75. The summed E-state index contributed by atoms with van der Waals surface area (Å²) in [6, 6.07) is 9.99. The average molecular weight is 445 g/mol. The van der Waals surface area contributed by atoms with Crippen LogP contribution in [0.1, 0.15) is 50.3 Å². The fraction of sp³-hybridized carbons (Fsp3) is 0.435. The minimum atomic E-state index is -3.86. The van der Waals surface area contributed by atoms with E-state index in [-0.39, 0.29) is 10.8 Å². The number of hydrogen-bond acceptors (Lipinski definition) is 5. The Kier molecular flexibility index (Phi) is 5.47. The van der Waals surface area contributed by atoms with Gasteiger partial charge in [0.2, 0.25) is 15.9 Å². The monoisotopic (exact) mass is 444 g/mol. The van der Waals surface area contributed by atoms with E-state index in [1.54, 1.807) is 11.0 Å². The number of carbonyl (C=O) groups excluding carboxylic acids is 1. The molecule has 1 amide bonds. The van der Waals surface area contributed by atoms with Gasteiger partial charge in [-0.25, -0.2) is 13.1 Å². The Labute approximate surface area is 183 Å². The Bertz CT molecular complexity index is 1130. The molecule has 1 atom stereocenters. The largest absolute Gasteiger partial charge is 0.495 e. The number of aryl methyl sites for hydroxylation is 1. The summed E-state index contributed by atoms with van der Waals surface area (Å²) in [4.78, 5) is 13.9. The summed E-state index contributed by atoms with van der Waals surface area (Å²) in [5, 5.41) is 0. The molecule has 2 aliphatic rings. The second-order valence-electron chi connectivity index (χ2n) is 8.76. The lowest BCUT2D eigenvalue weighted by Gasteiger charge is -2.38. The molecule has 7 nitrogen and oxygen atoms in total. The number of nitrogens with zero attached hydrogens (tertiary/aromatic N) is 1. The lowest BCUT2D eigenvalue weighted by molar-refractivity contribution is -0.117. The summed E-state index contributed by atoms with van der Waals surface area (Å²) in [7, 11) is -2.35. The first kappa shape index (κ1) is 21.6. The van der Waals surface area contributed by atoms with Crippen molar-refractivity contribution in [2.45, 2.75) is 56.6 Å². The number of nitrogens with one attached hydrogen (secondary N) is 1. The number of sulfonamides is 1. The van der Waals surface area contributed by atoms with Crippen LogP contribution < -0.4 is 19.1 Å². The van der Waals surface area contributed by atoms with Crippen LogP contribution in [0.25, 0.3) is 0 Å². The van der Waals surface area contributed by atoms with Crippen molar-refractivity contribution in [1.82, 2.24) is 4.72 Å². The van der Waals surface area contributed by atoms with Gasteiger partial charge >= 0.3 is 0 Å². The molecule has 2 aromatic carbocycles. The second kappa shape index (κ2) is 7.84. The minimum Gasteiger partial charge on any atom is -0.495 e. The zero-order valence-corrected chi connectivity index (χ0v) is 19.1. The van der Waals surface area contributed by atoms with E-state index in [0.717, 1.165) is 17.5 Å². The number of carbonyl (C=O) groups is 1. The zero-order chi connectivity index (χ0) is 22.4. The molecule has 1 N–H and O–H groups in total. The van der Waals surface area contributed by atoms with Gasteiger partial charge < -0.3 is 14.4 Å². The fourth-order valence-corrected chi connectivity index (χ4v) is 5.50. The number of hydrogen-bond donors (Lipinski definition) is 1. The molecule has 2 aromatic rings. The van der Waals surface area contributed by atoms with Crippen molar-refractivity contribution in [2.24, 2.45) is 0 Å². The third kappa shape index (κ3) is 4.27. The first-order valence-corrected chi connectivity index (χ1v) is 11.9. The Morgan fingerprint density at radius 1 is 1.19 bits per heavy atom. The summed E-state index contributed by atoms with van der Waals surface area (Å²) in [5.41, 5.74) is 1.84. The fourth-order valence-electron chi connectivity index (χ4n) is 4.27. The minimum absolute atomic E-state index is 0.0312. The summed E-state index contributed by atoms with van der Waals surface area (Å²) in [6.45, 7) is 6.42. The van der Waals surface area contributed by atoms with Crippen molar-refractivity contribution in [3.63, 3.8) is 0 Å². The highest BCUT2D eigenvalue weighted by molar-refractivity contribution is 7.89. The molecule has 1 fully saturated rings. The first-order chi connectivity index (χ1) is 14.6. The van der Waals surface area contributed by atoms with Crippen LogP contribution >= 0.6 is 0 Å². The number of rotatable bonds is 5. The number of methoxy groups -OCH3 is 1. The van der Waals surface area contributed by atoms with Crippen molar-refractivity contribution in [3.8, 4) is 11.5 Å². The van der Waals surface area contributed by atoms with Crippen LogP contribution in [0.5, 0.6) is 11.5 Å². The van der Waals surface area contributed by atoms with Gasteiger partial charge in [-0.05, 0) is 57.0 Å². The molecule has 0 saturated carbocycles. The van der Waals surface area contributed by atoms with Crippen molar-refractivity contribution < 1.29 is 22.7 Å². The maximum absolute atomic E-state index is 13.3. The molecular weight excluding hydrogens is 416 g/mol. The number of benzene rings is 2. The number of anilines is 1. The van der Waals surface area contributed by atoms with Crippen LogP contribution in [-0.2, 0) is 14.8 Å². The van der Waals surface area contributed by atoms with Gasteiger partial charge in [-0.1, -0.05) is 12.1 Å². The Balaban J connectivity index is 1.69. The SMILES string of the molecule is COc1ccc(S(=O)(=O)N[C@H]2CC(C)(C)Oc3cc(C)ccc32)cc1N1CCCC1=O.